The van der Waals surface area contributed by atoms with Gasteiger partial charge in [-0.1, -0.05) is 44.7 Å². The molecule has 0 aliphatic heterocycles. The lowest BCUT2D eigenvalue weighted by atomic mass is 10.1. The molecule has 0 fully saturated rings. The third-order valence-electron chi connectivity index (χ3n) is 2.69. The molecule has 0 bridgehead atoms. The lowest BCUT2D eigenvalue weighted by Gasteiger charge is -2.14. The first-order chi connectivity index (χ1) is 8.15. The molecular formula is C13H22ClN3. The number of hydrogen-bond acceptors (Lipinski definition) is 3. The average molecular weight is 256 g/mol. The second-order valence-corrected chi connectivity index (χ2v) is 4.77. The minimum atomic E-state index is 0.428. The maximum atomic E-state index is 5.95. The van der Waals surface area contributed by atoms with Gasteiger partial charge >= 0.3 is 0 Å². The van der Waals surface area contributed by atoms with Gasteiger partial charge in [0.1, 0.15) is 16.8 Å². The smallest absolute Gasteiger partial charge is 0.134 e. The zero-order valence-electron chi connectivity index (χ0n) is 11.0. The highest BCUT2D eigenvalue weighted by Crippen LogP contribution is 2.14. The second kappa shape index (κ2) is 7.49. The summed E-state index contributed by atoms with van der Waals surface area (Å²) in [7, 11) is 0. The number of aryl methyl sites for hydroxylation is 1. The maximum absolute atomic E-state index is 5.95. The van der Waals surface area contributed by atoms with Crippen molar-refractivity contribution in [3.8, 4) is 0 Å². The van der Waals surface area contributed by atoms with Gasteiger partial charge in [-0.25, -0.2) is 9.97 Å². The van der Waals surface area contributed by atoms with Crippen molar-refractivity contribution in [1.29, 1.82) is 0 Å². The predicted octanol–water partition coefficient (Wildman–Crippen LogP) is 4.07. The third-order valence-corrected chi connectivity index (χ3v) is 2.89. The largest absolute Gasteiger partial charge is 0.367 e. The second-order valence-electron chi connectivity index (χ2n) is 4.39. The molecular weight excluding hydrogens is 234 g/mol. The van der Waals surface area contributed by atoms with Crippen LogP contribution in [0.5, 0.6) is 0 Å². The van der Waals surface area contributed by atoms with E-state index in [1.807, 2.05) is 6.92 Å². The Morgan fingerprint density at radius 2 is 2.06 bits per heavy atom. The molecule has 0 aromatic carbocycles. The number of nitrogens with one attached hydrogen (secondary N) is 1. The third kappa shape index (κ3) is 5.35. The molecule has 0 saturated heterocycles. The molecule has 4 heteroatoms. The number of halogens is 1. The molecule has 1 unspecified atom stereocenters. The first-order valence-electron chi connectivity index (χ1n) is 6.45. The summed E-state index contributed by atoms with van der Waals surface area (Å²) in [5.41, 5.74) is 0. The summed E-state index contributed by atoms with van der Waals surface area (Å²) in [5, 5.41) is 3.89. The molecule has 1 aromatic heterocycles. The molecule has 17 heavy (non-hydrogen) atoms. The molecule has 1 heterocycles. The number of nitrogens with zero attached hydrogens (tertiary/aromatic N) is 2. The van der Waals surface area contributed by atoms with Crippen molar-refractivity contribution in [3.05, 3.63) is 17.0 Å². The van der Waals surface area contributed by atoms with Crippen LogP contribution in [-0.2, 0) is 6.42 Å². The van der Waals surface area contributed by atoms with Crippen LogP contribution in [0.25, 0.3) is 0 Å². The van der Waals surface area contributed by atoms with Crippen molar-refractivity contribution in [2.75, 3.05) is 5.32 Å². The Kier molecular flexibility index (Phi) is 6.27. The Balaban J connectivity index is 2.52. The molecule has 0 aliphatic rings. The first-order valence-corrected chi connectivity index (χ1v) is 6.83. The van der Waals surface area contributed by atoms with E-state index in [4.69, 9.17) is 11.6 Å². The number of hydrogen-bond donors (Lipinski definition) is 1. The van der Waals surface area contributed by atoms with E-state index in [1.54, 1.807) is 6.07 Å². The van der Waals surface area contributed by atoms with Crippen LogP contribution in [0.4, 0.5) is 5.82 Å². The fourth-order valence-corrected chi connectivity index (χ4v) is 1.92. The molecule has 1 aromatic rings. The Hall–Kier alpha value is -0.830. The van der Waals surface area contributed by atoms with E-state index in [9.17, 15) is 0 Å². The van der Waals surface area contributed by atoms with Gasteiger partial charge in [-0.15, -0.1) is 0 Å². The van der Waals surface area contributed by atoms with Gasteiger partial charge in [0.25, 0.3) is 0 Å². The molecule has 0 amide bonds. The van der Waals surface area contributed by atoms with Crippen LogP contribution in [-0.4, -0.2) is 16.0 Å². The summed E-state index contributed by atoms with van der Waals surface area (Å²) in [6.07, 6.45) is 5.77. The monoisotopic (exact) mass is 255 g/mol. The Morgan fingerprint density at radius 1 is 1.29 bits per heavy atom. The molecule has 0 aliphatic carbocycles. The van der Waals surface area contributed by atoms with Gasteiger partial charge in [0.2, 0.25) is 0 Å². The van der Waals surface area contributed by atoms with Gasteiger partial charge in [-0.2, -0.15) is 0 Å². The molecule has 0 spiro atoms. The van der Waals surface area contributed by atoms with Gasteiger partial charge in [0.15, 0.2) is 0 Å². The van der Waals surface area contributed by atoms with Crippen LogP contribution in [0, 0.1) is 0 Å². The van der Waals surface area contributed by atoms with E-state index in [-0.39, 0.29) is 0 Å². The van der Waals surface area contributed by atoms with Crippen molar-refractivity contribution in [3.63, 3.8) is 0 Å². The van der Waals surface area contributed by atoms with E-state index in [0.29, 0.717) is 11.2 Å². The summed E-state index contributed by atoms with van der Waals surface area (Å²) in [6.45, 7) is 6.42. The van der Waals surface area contributed by atoms with Gasteiger partial charge < -0.3 is 5.32 Å². The van der Waals surface area contributed by atoms with Crippen LogP contribution >= 0.6 is 11.6 Å². The highest BCUT2D eigenvalue weighted by atomic mass is 35.5. The van der Waals surface area contributed by atoms with E-state index in [1.165, 1.54) is 19.3 Å². The van der Waals surface area contributed by atoms with Gasteiger partial charge in [0, 0.05) is 18.5 Å². The fourth-order valence-electron chi connectivity index (χ4n) is 1.72. The molecule has 1 rings (SSSR count). The number of anilines is 1. The lowest BCUT2D eigenvalue weighted by molar-refractivity contribution is 0.613. The first kappa shape index (κ1) is 14.2. The summed E-state index contributed by atoms with van der Waals surface area (Å²) in [4.78, 5) is 8.56. The highest BCUT2D eigenvalue weighted by molar-refractivity contribution is 6.29. The molecule has 96 valence electrons. The minimum absolute atomic E-state index is 0.428. The maximum Gasteiger partial charge on any atom is 0.134 e. The van der Waals surface area contributed by atoms with Crippen LogP contribution < -0.4 is 5.32 Å². The summed E-state index contributed by atoms with van der Waals surface area (Å²) >= 11 is 5.95. The van der Waals surface area contributed by atoms with E-state index in [0.717, 1.165) is 24.5 Å². The Bertz CT molecular complexity index is 341. The summed E-state index contributed by atoms with van der Waals surface area (Å²) in [6, 6.07) is 2.22. The number of rotatable bonds is 7. The van der Waals surface area contributed by atoms with Crippen LogP contribution in [0.3, 0.4) is 0 Å². The highest BCUT2D eigenvalue weighted by Gasteiger charge is 2.05. The Labute approximate surface area is 109 Å². The van der Waals surface area contributed by atoms with Gasteiger partial charge in [0.05, 0.1) is 0 Å². The van der Waals surface area contributed by atoms with Crippen molar-refractivity contribution in [2.45, 2.75) is 58.9 Å². The van der Waals surface area contributed by atoms with Gasteiger partial charge in [-0.3, -0.25) is 0 Å². The minimum Gasteiger partial charge on any atom is -0.367 e. The van der Waals surface area contributed by atoms with Crippen LogP contribution in [0.2, 0.25) is 5.15 Å². The molecule has 3 nitrogen and oxygen atoms in total. The summed E-state index contributed by atoms with van der Waals surface area (Å²) < 4.78 is 0. The SMILES string of the molecule is CCCCCC(C)Nc1cc(Cl)nc(CC)n1. The van der Waals surface area contributed by atoms with Crippen molar-refractivity contribution < 1.29 is 0 Å². The van der Waals surface area contributed by atoms with E-state index < -0.39 is 0 Å². The van der Waals surface area contributed by atoms with Gasteiger partial charge in [-0.05, 0) is 13.3 Å². The summed E-state index contributed by atoms with van der Waals surface area (Å²) in [5.74, 6) is 1.63. The van der Waals surface area contributed by atoms with Crippen molar-refractivity contribution in [1.82, 2.24) is 9.97 Å². The normalized spacial score (nSPS) is 12.5. The van der Waals surface area contributed by atoms with Crippen molar-refractivity contribution in [2.24, 2.45) is 0 Å². The quantitative estimate of drug-likeness (QED) is 0.590. The fraction of sp³-hybridized carbons (Fsp3) is 0.692. The standard InChI is InChI=1S/C13H22ClN3/c1-4-6-7-8-10(3)15-13-9-11(14)16-12(5-2)17-13/h9-10H,4-8H2,1-3H3,(H,15,16,17). The zero-order chi connectivity index (χ0) is 12.7. The lowest BCUT2D eigenvalue weighted by Crippen LogP contribution is -2.16. The van der Waals surface area contributed by atoms with Crippen molar-refractivity contribution >= 4 is 17.4 Å². The molecule has 0 saturated carbocycles. The average Bonchev–Trinajstić information content (AvgIpc) is 2.28. The molecule has 0 radical (unpaired) electrons. The number of aromatic nitrogens is 2. The van der Waals surface area contributed by atoms with Crippen LogP contribution in [0.15, 0.2) is 6.07 Å². The molecule has 1 N–H and O–H groups in total. The zero-order valence-corrected chi connectivity index (χ0v) is 11.7. The predicted molar refractivity (Wildman–Crippen MR) is 73.6 cm³/mol. The van der Waals surface area contributed by atoms with Crippen LogP contribution in [0.1, 0.15) is 52.3 Å². The number of unbranched alkanes of at least 4 members (excludes halogenated alkanes) is 2. The molecule has 1 atom stereocenters. The van der Waals surface area contributed by atoms with E-state index >= 15 is 0 Å². The topological polar surface area (TPSA) is 37.8 Å². The van der Waals surface area contributed by atoms with E-state index in [2.05, 4.69) is 29.1 Å². The Morgan fingerprint density at radius 3 is 2.71 bits per heavy atom.